The molecule has 0 amide bonds. The molecule has 22 nitrogen and oxygen atoms in total. The molecule has 4 aromatic rings. The minimum Gasteiger partial charge on any atom is -0.870 e. The summed E-state index contributed by atoms with van der Waals surface area (Å²) in [6.07, 6.45) is 1.02. The zero-order chi connectivity index (χ0) is 61.1. The second-order valence-corrected chi connectivity index (χ2v) is 16.3. The van der Waals surface area contributed by atoms with E-state index < -0.39 is 30.8 Å². The van der Waals surface area contributed by atoms with E-state index in [4.69, 9.17) is 78.4 Å². The van der Waals surface area contributed by atoms with Gasteiger partial charge < -0.3 is 42.0 Å². The SMILES string of the molecule is C.C.C.C.C.COC(=O)[C@@H](C)Cc1ccc(CCl)cc1.COC(=O)[C@@H](C)Cc1ccc(CN=[N+]=[N-])cc1.C[C@@H](Cc1ccc(CN=[N+]=[N-])cc1)C(=O)O.[B]B([B])[B].[B][B]B([B])[B].[B][B][B].[Li+].[N-]=[N+]=NCc1ccc(C[C@H](N)C(=O)O)cc1.[N-]=[N+]=[N-].[Na+].[OH-]. The molecule has 5 N–H and O–H groups in total. The molecule has 0 aliphatic carbocycles. The molecule has 0 heterocycles. The molecule has 4 aromatic carbocycles. The Balaban J connectivity index is -0.0000000776. The summed E-state index contributed by atoms with van der Waals surface area (Å²) in [6, 6.07) is 29.3. The predicted molar refractivity (Wildman–Crippen MR) is 358 cm³/mol. The minimum absolute atomic E-state index is 0. The average Bonchev–Trinajstić information content (AvgIpc) is 3.45. The van der Waals surface area contributed by atoms with Crippen LogP contribution < -0.4 is 54.2 Å². The second-order valence-electron chi connectivity index (χ2n) is 16.0. The molecule has 0 unspecified atom stereocenters. The van der Waals surface area contributed by atoms with Crippen molar-refractivity contribution < 1.29 is 92.8 Å². The molecule has 0 aliphatic rings. The van der Waals surface area contributed by atoms with Gasteiger partial charge in [0.25, 0.3) is 0 Å². The quantitative estimate of drug-likeness (QED) is 0.0290. The molecule has 0 aromatic heterocycles. The number of nitrogens with zero attached hydrogens (tertiary/aromatic N) is 12. The summed E-state index contributed by atoms with van der Waals surface area (Å²) in [5, 5.41) is 27.7. The van der Waals surface area contributed by atoms with Gasteiger partial charge in [0.1, 0.15) is 6.04 Å². The average molecular weight is 1200 g/mol. The third-order valence-electron chi connectivity index (χ3n) is 9.45. The largest absolute Gasteiger partial charge is 1.00 e. The summed E-state index contributed by atoms with van der Waals surface area (Å²) in [7, 11) is 42.6. The number of halogens is 1. The van der Waals surface area contributed by atoms with Crippen molar-refractivity contribution in [2.24, 2.45) is 38.8 Å². The van der Waals surface area contributed by atoms with E-state index in [9.17, 15) is 19.2 Å². The van der Waals surface area contributed by atoms with E-state index in [-0.39, 0.29) is 127 Å². The Labute approximate surface area is 569 Å². The number of rotatable bonds is 20. The van der Waals surface area contributed by atoms with Gasteiger partial charge in [0.05, 0.1) is 51.6 Å². The molecule has 0 bridgehead atoms. The van der Waals surface area contributed by atoms with Crippen molar-refractivity contribution in [2.45, 2.75) is 115 Å². The number of carbonyl (C=O) groups excluding carboxylic acids is 2. The van der Waals surface area contributed by atoms with Crippen LogP contribution in [0.2, 0.25) is 0 Å². The fourth-order valence-corrected chi connectivity index (χ4v) is 5.68. The smallest absolute Gasteiger partial charge is 0.870 e. The van der Waals surface area contributed by atoms with Gasteiger partial charge in [0.2, 0.25) is 0 Å². The monoisotopic (exact) mass is 1200 g/mol. The van der Waals surface area contributed by atoms with Gasteiger partial charge in [0.15, 0.2) is 0 Å². The minimum atomic E-state index is -1.02. The standard InChI is InChI=1S/C12H15ClO2.C12H15N3O2.C11H13N3O2.C10H12N4O2.5CH4.B5.B4.B3.Li.N3.Na.H2O/c1-9(12(14)15-2)7-10-3-5-11(8-13)6-4-10;1-9(12(16)17-2)7-10-3-5-11(6-4-10)8-14-15-13;1-8(11(15)16)6-9-2-4-10(5-3-9)7-13-14-12;11-9(10(15)16)5-7-1-3-8(4-2-7)6-13-14-12;;;;;;1-4-5(2)3;1-4(2)3;1-3-2;;1-3-2;;/h3-6,9H,7-8H2,1-2H3;3-6,9H,7-8H2,1-2H3;2-5,8H,6-7H2,1H3,(H,15,16);1-4,9H,5-6,11H2,(H,15,16);5*1H4;;;;;;;1H2/q;;;;;;;;;;;;+1;-1;+1;/p-1/t2*9-;8-;9-;;;;;;;;;;;;/m0000............/s1. The molecule has 4 rings (SSSR count). The first-order valence-electron chi connectivity index (χ1n) is 23.3. The van der Waals surface area contributed by atoms with E-state index in [1.54, 1.807) is 31.2 Å². The summed E-state index contributed by atoms with van der Waals surface area (Å²) in [5.41, 5.74) is 51.2. The zero-order valence-corrected chi connectivity index (χ0v) is 50.0. The van der Waals surface area contributed by atoms with Gasteiger partial charge in [-0.05, 0) is 86.8 Å². The van der Waals surface area contributed by atoms with Crippen LogP contribution in [0, 0.1) is 17.8 Å². The van der Waals surface area contributed by atoms with Crippen LogP contribution in [0.15, 0.2) is 112 Å². The van der Waals surface area contributed by atoms with E-state index >= 15 is 0 Å². The van der Waals surface area contributed by atoms with Crippen LogP contribution in [-0.2, 0) is 79.8 Å². The number of carboxylic acid groups (broad SMARTS) is 2. The number of azide groups is 3. The fourth-order valence-electron chi connectivity index (χ4n) is 5.50. The summed E-state index contributed by atoms with van der Waals surface area (Å²) in [4.78, 5) is 53.2. The van der Waals surface area contributed by atoms with Gasteiger partial charge in [-0.25, -0.2) is 0 Å². The van der Waals surface area contributed by atoms with Crippen LogP contribution in [0.25, 0.3) is 47.3 Å². The molecular weight excluding hydrogens is 1120 g/mol. The van der Waals surface area contributed by atoms with Crippen LogP contribution in [0.1, 0.15) is 102 Å². The number of benzene rings is 4. The Morgan fingerprint density at radius 3 is 0.931 bits per heavy atom. The van der Waals surface area contributed by atoms with Crippen molar-refractivity contribution in [3.05, 3.63) is 189 Å². The van der Waals surface area contributed by atoms with Crippen molar-refractivity contribution in [1.29, 1.82) is 0 Å². The van der Waals surface area contributed by atoms with Gasteiger partial charge in [0, 0.05) is 109 Å². The number of carbonyl (C=O) groups is 4. The van der Waals surface area contributed by atoms with Gasteiger partial charge in [-0.2, -0.15) is 0 Å². The van der Waals surface area contributed by atoms with Crippen LogP contribution in [-0.4, -0.2) is 149 Å². The molecule has 37 heteroatoms. The van der Waals surface area contributed by atoms with Crippen LogP contribution in [0.3, 0.4) is 0 Å². The molecule has 440 valence electrons. The number of methoxy groups -OCH3 is 2. The van der Waals surface area contributed by atoms with Crippen molar-refractivity contribution >= 4 is 124 Å². The van der Waals surface area contributed by atoms with Gasteiger partial charge >= 0.3 is 72.3 Å². The van der Waals surface area contributed by atoms with Crippen molar-refractivity contribution in [1.82, 2.24) is 0 Å². The first-order valence-corrected chi connectivity index (χ1v) is 23.8. The normalized spacial score (nSPS) is 9.46. The molecule has 18 radical (unpaired) electrons. The molecule has 0 aliphatic heterocycles. The number of ether oxygens (including phenoxy) is 2. The maximum absolute atomic E-state index is 11.2. The first-order chi connectivity index (χ1) is 37.4. The Bertz CT molecular complexity index is 2420. The molecule has 0 saturated heterocycles. The summed E-state index contributed by atoms with van der Waals surface area (Å²) < 4.78 is 9.34. The van der Waals surface area contributed by atoms with Crippen molar-refractivity contribution in [3.8, 4) is 0 Å². The Hall–Kier alpha value is -5.41. The van der Waals surface area contributed by atoms with Crippen LogP contribution >= 0.6 is 11.6 Å². The Morgan fingerprint density at radius 1 is 0.540 bits per heavy atom. The topological polar surface area (TPSA) is 388 Å². The Kier molecular flexibility index (Phi) is 91.9. The summed E-state index contributed by atoms with van der Waals surface area (Å²) >= 11 is 5.68. The van der Waals surface area contributed by atoms with E-state index in [0.29, 0.717) is 44.8 Å². The van der Waals surface area contributed by atoms with Gasteiger partial charge in [-0.1, -0.05) is 170 Å². The van der Waals surface area contributed by atoms with Gasteiger partial charge in [-0.3, -0.25) is 24.1 Å². The predicted octanol–water partition coefficient (Wildman–Crippen LogP) is 3.15. The number of nitrogens with two attached hydrogens (primary N) is 1. The molecular formula is C50H76B12ClLiN13NaO9. The van der Waals surface area contributed by atoms with E-state index in [1.165, 1.54) is 26.2 Å². The number of hydrogen-bond acceptors (Lipinski definition) is 11. The number of carboxylic acids is 2. The molecule has 0 fully saturated rings. The second kappa shape index (κ2) is 73.1. The Morgan fingerprint density at radius 2 is 0.747 bits per heavy atom. The van der Waals surface area contributed by atoms with E-state index in [1.807, 2.05) is 86.6 Å². The first kappa shape index (κ1) is 109. The molecule has 87 heavy (non-hydrogen) atoms. The summed E-state index contributed by atoms with van der Waals surface area (Å²) in [5.74, 6) is -2.30. The maximum atomic E-state index is 11.2. The molecule has 0 saturated carbocycles. The zero-order valence-electron chi connectivity index (χ0n) is 47.2. The van der Waals surface area contributed by atoms with E-state index in [0.717, 1.165) is 51.6 Å². The third-order valence-corrected chi connectivity index (χ3v) is 9.75. The number of esters is 2. The summed E-state index contributed by atoms with van der Waals surface area (Å²) in [6.45, 7) is 6.34. The maximum Gasteiger partial charge on any atom is 1.00 e. The van der Waals surface area contributed by atoms with E-state index in [2.05, 4.69) is 78.2 Å². The molecule has 0 spiro atoms. The number of aliphatic carboxylic acids is 2. The fraction of sp³-hybridized carbons (Fsp3) is 0.440. The van der Waals surface area contributed by atoms with Crippen molar-refractivity contribution in [3.63, 3.8) is 0 Å². The number of alkyl halides is 1. The van der Waals surface area contributed by atoms with Gasteiger partial charge in [-0.15, -0.1) is 11.6 Å². The molecule has 4 atom stereocenters. The third kappa shape index (κ3) is 66.4. The van der Waals surface area contributed by atoms with Crippen LogP contribution in [0.4, 0.5) is 0 Å². The van der Waals surface area contributed by atoms with Crippen LogP contribution in [0.5, 0.6) is 0 Å². The van der Waals surface area contributed by atoms with Crippen molar-refractivity contribution in [2.75, 3.05) is 14.2 Å². The number of hydrogen-bond donors (Lipinski definition) is 3.